The maximum Gasteiger partial charge on any atom is 0.407 e. The first-order chi connectivity index (χ1) is 9.08. The van der Waals surface area contributed by atoms with Crippen LogP contribution >= 0.6 is 0 Å². The van der Waals surface area contributed by atoms with E-state index in [1.165, 1.54) is 0 Å². The van der Waals surface area contributed by atoms with Gasteiger partial charge in [0.2, 0.25) is 0 Å². The monoisotopic (exact) mass is 267 g/mol. The van der Waals surface area contributed by atoms with Crippen molar-refractivity contribution in [1.29, 1.82) is 0 Å². The Bertz CT molecular complexity index is 411. The number of carbonyl (C=O) groups excluding carboxylic acids is 2. The molecule has 0 fully saturated rings. The maximum atomic E-state index is 11.3. The highest BCUT2D eigenvalue weighted by Gasteiger charge is 2.08. The summed E-state index contributed by atoms with van der Waals surface area (Å²) in [5.41, 5.74) is 5.70. The van der Waals surface area contributed by atoms with Gasteiger partial charge in [-0.3, -0.25) is 0 Å². The van der Waals surface area contributed by atoms with Crippen molar-refractivity contribution in [2.45, 2.75) is 12.7 Å². The van der Waals surface area contributed by atoms with E-state index in [9.17, 15) is 14.7 Å². The summed E-state index contributed by atoms with van der Waals surface area (Å²) < 4.78 is 4.93. The van der Waals surface area contributed by atoms with E-state index in [1.807, 2.05) is 30.3 Å². The first kappa shape index (κ1) is 14.8. The lowest BCUT2D eigenvalue weighted by Crippen LogP contribution is -2.41. The molecule has 104 valence electrons. The number of benzene rings is 1. The zero-order chi connectivity index (χ0) is 14.1. The Morgan fingerprint density at radius 2 is 1.84 bits per heavy atom. The molecule has 0 saturated heterocycles. The largest absolute Gasteiger partial charge is 0.445 e. The fourth-order valence-electron chi connectivity index (χ4n) is 1.27. The van der Waals surface area contributed by atoms with Crippen molar-refractivity contribution in [1.82, 2.24) is 10.6 Å². The van der Waals surface area contributed by atoms with Gasteiger partial charge in [0.05, 0.1) is 6.10 Å². The van der Waals surface area contributed by atoms with Gasteiger partial charge in [0, 0.05) is 13.1 Å². The van der Waals surface area contributed by atoms with Crippen LogP contribution < -0.4 is 16.4 Å². The zero-order valence-corrected chi connectivity index (χ0v) is 10.3. The second-order valence-electron chi connectivity index (χ2n) is 3.84. The van der Waals surface area contributed by atoms with Crippen LogP contribution in [0.2, 0.25) is 0 Å². The fourth-order valence-corrected chi connectivity index (χ4v) is 1.27. The number of hydrogen-bond donors (Lipinski definition) is 4. The normalized spacial score (nSPS) is 11.4. The van der Waals surface area contributed by atoms with E-state index in [0.717, 1.165) is 5.56 Å². The minimum absolute atomic E-state index is 0.0334. The Kier molecular flexibility index (Phi) is 6.17. The molecule has 5 N–H and O–H groups in total. The third-order valence-electron chi connectivity index (χ3n) is 2.21. The van der Waals surface area contributed by atoms with E-state index in [2.05, 4.69) is 10.6 Å². The number of ether oxygens (including phenoxy) is 1. The predicted octanol–water partition coefficient (Wildman–Crippen LogP) is -0.0580. The second kappa shape index (κ2) is 7.93. The molecule has 0 aliphatic rings. The van der Waals surface area contributed by atoms with E-state index in [4.69, 9.17) is 10.5 Å². The fraction of sp³-hybridized carbons (Fsp3) is 0.333. The van der Waals surface area contributed by atoms with E-state index >= 15 is 0 Å². The molecular formula is C12H17N3O4. The molecule has 1 rings (SSSR count). The van der Waals surface area contributed by atoms with Crippen molar-refractivity contribution >= 4 is 12.1 Å². The molecule has 0 heterocycles. The molecule has 1 aromatic rings. The van der Waals surface area contributed by atoms with Crippen LogP contribution in [0, 0.1) is 0 Å². The molecular weight excluding hydrogens is 250 g/mol. The average molecular weight is 267 g/mol. The van der Waals surface area contributed by atoms with Gasteiger partial charge in [-0.15, -0.1) is 0 Å². The number of rotatable bonds is 6. The molecule has 1 atom stereocenters. The molecule has 0 spiro atoms. The van der Waals surface area contributed by atoms with E-state index in [0.29, 0.717) is 0 Å². The first-order valence-electron chi connectivity index (χ1n) is 5.74. The number of primary amides is 1. The number of nitrogens with one attached hydrogen (secondary N) is 2. The molecule has 0 radical (unpaired) electrons. The average Bonchev–Trinajstić information content (AvgIpc) is 2.41. The molecule has 0 aliphatic heterocycles. The minimum Gasteiger partial charge on any atom is -0.445 e. The summed E-state index contributed by atoms with van der Waals surface area (Å²) in [7, 11) is 0. The molecule has 0 aliphatic carbocycles. The van der Waals surface area contributed by atoms with Crippen molar-refractivity contribution in [2.75, 3.05) is 13.1 Å². The lowest BCUT2D eigenvalue weighted by atomic mass is 10.2. The number of urea groups is 1. The standard InChI is InChI=1S/C12H17N3O4/c13-11(17)14-6-10(16)7-15-12(18)19-8-9-4-2-1-3-5-9/h1-5,10,16H,6-8H2,(H,15,18)(H3,13,14,17). The van der Waals surface area contributed by atoms with Gasteiger partial charge in [-0.1, -0.05) is 30.3 Å². The second-order valence-corrected chi connectivity index (χ2v) is 3.84. The summed E-state index contributed by atoms with van der Waals surface area (Å²) >= 11 is 0. The van der Waals surface area contributed by atoms with Crippen LogP contribution in [0.1, 0.15) is 5.56 Å². The molecule has 3 amide bonds. The number of carbonyl (C=O) groups is 2. The highest BCUT2D eigenvalue weighted by atomic mass is 16.5. The van der Waals surface area contributed by atoms with Crippen molar-refractivity contribution in [3.63, 3.8) is 0 Å². The van der Waals surface area contributed by atoms with Gasteiger partial charge in [0.15, 0.2) is 0 Å². The molecule has 0 saturated carbocycles. The van der Waals surface area contributed by atoms with Gasteiger partial charge in [-0.05, 0) is 5.56 Å². The summed E-state index contributed by atoms with van der Waals surface area (Å²) in [6, 6.07) is 8.49. The number of aliphatic hydroxyl groups excluding tert-OH is 1. The topological polar surface area (TPSA) is 114 Å². The number of nitrogens with two attached hydrogens (primary N) is 1. The Hall–Kier alpha value is -2.28. The van der Waals surface area contributed by atoms with Crippen LogP contribution in [-0.2, 0) is 11.3 Å². The lowest BCUT2D eigenvalue weighted by Gasteiger charge is -2.12. The van der Waals surface area contributed by atoms with Gasteiger partial charge < -0.3 is 26.2 Å². The Balaban J connectivity index is 2.16. The van der Waals surface area contributed by atoms with Gasteiger partial charge in [-0.2, -0.15) is 0 Å². The van der Waals surface area contributed by atoms with E-state index in [-0.39, 0.29) is 19.7 Å². The van der Waals surface area contributed by atoms with Crippen molar-refractivity contribution in [3.8, 4) is 0 Å². The number of alkyl carbamates (subject to hydrolysis) is 1. The van der Waals surface area contributed by atoms with Crippen molar-refractivity contribution in [3.05, 3.63) is 35.9 Å². The molecule has 7 nitrogen and oxygen atoms in total. The Morgan fingerprint density at radius 3 is 2.47 bits per heavy atom. The van der Waals surface area contributed by atoms with E-state index < -0.39 is 18.2 Å². The van der Waals surface area contributed by atoms with E-state index in [1.54, 1.807) is 0 Å². The summed E-state index contributed by atoms with van der Waals surface area (Å²) in [5, 5.41) is 14.0. The van der Waals surface area contributed by atoms with Gasteiger partial charge >= 0.3 is 12.1 Å². The summed E-state index contributed by atoms with van der Waals surface area (Å²) in [6.07, 6.45) is -1.56. The van der Waals surface area contributed by atoms with Crippen LogP contribution in [0.25, 0.3) is 0 Å². The molecule has 0 bridgehead atoms. The zero-order valence-electron chi connectivity index (χ0n) is 10.3. The van der Waals surface area contributed by atoms with Crippen molar-refractivity contribution < 1.29 is 19.4 Å². The smallest absolute Gasteiger partial charge is 0.407 e. The molecule has 7 heteroatoms. The summed E-state index contributed by atoms with van der Waals surface area (Å²) in [4.78, 5) is 21.7. The number of aliphatic hydroxyl groups is 1. The SMILES string of the molecule is NC(=O)NCC(O)CNC(=O)OCc1ccccc1. The third kappa shape index (κ3) is 6.89. The number of amides is 3. The summed E-state index contributed by atoms with van der Waals surface area (Å²) in [5.74, 6) is 0. The highest BCUT2D eigenvalue weighted by molar-refractivity contribution is 5.71. The molecule has 19 heavy (non-hydrogen) atoms. The third-order valence-corrected chi connectivity index (χ3v) is 2.21. The van der Waals surface area contributed by atoms with Gasteiger partial charge in [0.1, 0.15) is 6.61 Å². The van der Waals surface area contributed by atoms with Gasteiger partial charge in [-0.25, -0.2) is 9.59 Å². The Labute approximate surface area is 110 Å². The molecule has 1 unspecified atom stereocenters. The maximum absolute atomic E-state index is 11.3. The van der Waals surface area contributed by atoms with Crippen LogP contribution in [-0.4, -0.2) is 36.4 Å². The highest BCUT2D eigenvalue weighted by Crippen LogP contribution is 2.00. The minimum atomic E-state index is -0.920. The van der Waals surface area contributed by atoms with Crippen LogP contribution in [0.4, 0.5) is 9.59 Å². The predicted molar refractivity (Wildman–Crippen MR) is 68.2 cm³/mol. The van der Waals surface area contributed by atoms with Crippen LogP contribution in [0.3, 0.4) is 0 Å². The summed E-state index contributed by atoms with van der Waals surface area (Å²) in [6.45, 7) is 0.0878. The first-order valence-corrected chi connectivity index (χ1v) is 5.74. The Morgan fingerprint density at radius 1 is 1.21 bits per heavy atom. The van der Waals surface area contributed by atoms with Crippen LogP contribution in [0.5, 0.6) is 0 Å². The lowest BCUT2D eigenvalue weighted by molar-refractivity contribution is 0.125. The van der Waals surface area contributed by atoms with Gasteiger partial charge in [0.25, 0.3) is 0 Å². The molecule has 0 aromatic heterocycles. The quantitative estimate of drug-likeness (QED) is 0.578. The molecule has 1 aromatic carbocycles. The van der Waals surface area contributed by atoms with Crippen molar-refractivity contribution in [2.24, 2.45) is 5.73 Å². The van der Waals surface area contributed by atoms with Crippen LogP contribution in [0.15, 0.2) is 30.3 Å². The number of hydrogen-bond acceptors (Lipinski definition) is 4.